The summed E-state index contributed by atoms with van der Waals surface area (Å²) in [5.74, 6) is -0.144. The van der Waals surface area contributed by atoms with Crippen LogP contribution in [0.1, 0.15) is 34.8 Å². The minimum absolute atomic E-state index is 0.155. The summed E-state index contributed by atoms with van der Waals surface area (Å²) in [5, 5.41) is 3.23. The SMILES string of the molecule is CCOC(=O)[C@@H]1CN(Cc2ccccc2)C[C@]12CCc1ccc(OC)cc1C(=O)N2. The fourth-order valence-electron chi connectivity index (χ4n) is 4.72. The Hall–Kier alpha value is -2.86. The number of amides is 1. The number of benzene rings is 2. The number of likely N-dealkylation sites (tertiary alicyclic amines) is 1. The van der Waals surface area contributed by atoms with Crippen molar-refractivity contribution in [3.8, 4) is 5.75 Å². The third-order valence-corrected chi connectivity index (χ3v) is 6.20. The Labute approximate surface area is 177 Å². The molecule has 1 saturated heterocycles. The number of esters is 1. The van der Waals surface area contributed by atoms with Gasteiger partial charge in [-0.05, 0) is 43.0 Å². The standard InChI is InChI=1S/C24H28N2O4/c1-3-30-23(28)21-15-26(14-17-7-5-4-6-8-17)16-24(21)12-11-18-9-10-19(29-2)13-20(18)22(27)25-24/h4-10,13,21H,3,11-12,14-16H2,1-2H3,(H,25,27)/t21-,24+/m0/s1. The Morgan fingerprint density at radius 1 is 1.23 bits per heavy atom. The maximum Gasteiger partial charge on any atom is 0.312 e. The van der Waals surface area contributed by atoms with Gasteiger partial charge in [-0.2, -0.15) is 0 Å². The van der Waals surface area contributed by atoms with Crippen LogP contribution < -0.4 is 10.1 Å². The molecule has 0 radical (unpaired) electrons. The molecule has 6 nitrogen and oxygen atoms in total. The summed E-state index contributed by atoms with van der Waals surface area (Å²) in [6, 6.07) is 15.8. The summed E-state index contributed by atoms with van der Waals surface area (Å²) in [6.07, 6.45) is 1.40. The molecule has 0 aliphatic carbocycles. The third-order valence-electron chi connectivity index (χ3n) is 6.20. The largest absolute Gasteiger partial charge is 0.497 e. The molecule has 2 aliphatic heterocycles. The van der Waals surface area contributed by atoms with Crippen LogP contribution in [0.15, 0.2) is 48.5 Å². The summed E-state index contributed by atoms with van der Waals surface area (Å²) in [5.41, 5.74) is 2.14. The molecule has 0 aromatic heterocycles. The first-order valence-corrected chi connectivity index (χ1v) is 10.5. The fourth-order valence-corrected chi connectivity index (χ4v) is 4.72. The van der Waals surface area contributed by atoms with E-state index >= 15 is 0 Å². The van der Waals surface area contributed by atoms with Crippen LogP contribution in [0, 0.1) is 5.92 Å². The van der Waals surface area contributed by atoms with Crippen molar-refractivity contribution in [3.63, 3.8) is 0 Å². The van der Waals surface area contributed by atoms with Crippen molar-refractivity contribution >= 4 is 11.9 Å². The first-order valence-electron chi connectivity index (χ1n) is 10.5. The van der Waals surface area contributed by atoms with Gasteiger partial charge in [-0.15, -0.1) is 0 Å². The monoisotopic (exact) mass is 408 g/mol. The van der Waals surface area contributed by atoms with E-state index < -0.39 is 11.5 Å². The molecule has 6 heteroatoms. The van der Waals surface area contributed by atoms with Crippen LogP contribution >= 0.6 is 0 Å². The second kappa shape index (κ2) is 8.48. The predicted molar refractivity (Wildman–Crippen MR) is 113 cm³/mol. The first-order chi connectivity index (χ1) is 14.5. The minimum atomic E-state index is -0.648. The molecule has 2 heterocycles. The molecular formula is C24H28N2O4. The minimum Gasteiger partial charge on any atom is -0.497 e. The van der Waals surface area contributed by atoms with E-state index in [4.69, 9.17) is 9.47 Å². The Morgan fingerprint density at radius 2 is 2.03 bits per heavy atom. The molecule has 1 N–H and O–H groups in total. The van der Waals surface area contributed by atoms with Gasteiger partial charge in [-0.3, -0.25) is 14.5 Å². The summed E-state index contributed by atoms with van der Waals surface area (Å²) in [4.78, 5) is 28.3. The third kappa shape index (κ3) is 3.92. The highest BCUT2D eigenvalue weighted by molar-refractivity contribution is 5.97. The number of fused-ring (bicyclic) bond motifs is 1. The molecule has 158 valence electrons. The van der Waals surface area contributed by atoms with Crippen molar-refractivity contribution in [3.05, 3.63) is 65.2 Å². The molecule has 2 aromatic carbocycles. The van der Waals surface area contributed by atoms with E-state index in [0.717, 1.165) is 12.1 Å². The van der Waals surface area contributed by atoms with Crippen LogP contribution in [-0.4, -0.2) is 49.1 Å². The van der Waals surface area contributed by atoms with Gasteiger partial charge in [0.2, 0.25) is 0 Å². The van der Waals surface area contributed by atoms with E-state index in [1.807, 2.05) is 37.3 Å². The number of nitrogens with one attached hydrogen (secondary N) is 1. The van der Waals surface area contributed by atoms with E-state index in [2.05, 4.69) is 22.3 Å². The van der Waals surface area contributed by atoms with Crippen LogP contribution in [0.3, 0.4) is 0 Å². The van der Waals surface area contributed by atoms with Crippen LogP contribution in [-0.2, 0) is 22.5 Å². The number of nitrogens with zero attached hydrogens (tertiary/aromatic N) is 1. The average Bonchev–Trinajstić information content (AvgIpc) is 3.03. The number of carbonyl (C=O) groups excluding carboxylic acids is 2. The Bertz CT molecular complexity index is 930. The highest BCUT2D eigenvalue weighted by atomic mass is 16.5. The smallest absolute Gasteiger partial charge is 0.312 e. The molecule has 1 spiro atoms. The Morgan fingerprint density at radius 3 is 2.77 bits per heavy atom. The average molecular weight is 408 g/mol. The molecule has 2 aliphatic rings. The number of carbonyl (C=O) groups is 2. The van der Waals surface area contributed by atoms with Gasteiger partial charge in [0.25, 0.3) is 5.91 Å². The summed E-state index contributed by atoms with van der Waals surface area (Å²) in [7, 11) is 1.59. The van der Waals surface area contributed by atoms with Crippen molar-refractivity contribution in [2.45, 2.75) is 31.8 Å². The molecule has 2 atom stereocenters. The van der Waals surface area contributed by atoms with E-state index in [-0.39, 0.29) is 11.9 Å². The molecule has 0 unspecified atom stereocenters. The number of hydrogen-bond donors (Lipinski definition) is 1. The lowest BCUT2D eigenvalue weighted by atomic mass is 9.82. The van der Waals surface area contributed by atoms with E-state index in [0.29, 0.717) is 43.9 Å². The van der Waals surface area contributed by atoms with Crippen molar-refractivity contribution in [2.75, 3.05) is 26.8 Å². The number of ether oxygens (including phenoxy) is 2. The van der Waals surface area contributed by atoms with Gasteiger partial charge in [0.1, 0.15) is 5.75 Å². The quantitative estimate of drug-likeness (QED) is 0.771. The van der Waals surface area contributed by atoms with Gasteiger partial charge in [-0.25, -0.2) is 0 Å². The van der Waals surface area contributed by atoms with Crippen molar-refractivity contribution in [2.24, 2.45) is 5.92 Å². The zero-order valence-electron chi connectivity index (χ0n) is 17.5. The van der Waals surface area contributed by atoms with Crippen molar-refractivity contribution < 1.29 is 19.1 Å². The Kier molecular flexibility index (Phi) is 5.77. The zero-order chi connectivity index (χ0) is 21.1. The topological polar surface area (TPSA) is 67.9 Å². The summed E-state index contributed by atoms with van der Waals surface area (Å²) < 4.78 is 10.7. The van der Waals surface area contributed by atoms with E-state index in [1.165, 1.54) is 5.56 Å². The summed E-state index contributed by atoms with van der Waals surface area (Å²) in [6.45, 7) is 4.05. The molecular weight excluding hydrogens is 380 g/mol. The van der Waals surface area contributed by atoms with Crippen molar-refractivity contribution in [1.29, 1.82) is 0 Å². The van der Waals surface area contributed by atoms with E-state index in [1.54, 1.807) is 13.2 Å². The Balaban J connectivity index is 1.63. The lowest BCUT2D eigenvalue weighted by Crippen LogP contribution is -2.56. The van der Waals surface area contributed by atoms with Gasteiger partial charge in [0.05, 0.1) is 25.2 Å². The normalized spacial score (nSPS) is 23.5. The lowest BCUT2D eigenvalue weighted by Gasteiger charge is -2.33. The van der Waals surface area contributed by atoms with Gasteiger partial charge < -0.3 is 14.8 Å². The number of rotatable bonds is 5. The second-order valence-corrected chi connectivity index (χ2v) is 8.09. The highest BCUT2D eigenvalue weighted by Gasteiger charge is 2.52. The molecule has 1 fully saturated rings. The van der Waals surface area contributed by atoms with Crippen LogP contribution in [0.4, 0.5) is 0 Å². The molecule has 0 bridgehead atoms. The molecule has 0 saturated carbocycles. The van der Waals surface area contributed by atoms with Crippen LogP contribution in [0.2, 0.25) is 0 Å². The van der Waals surface area contributed by atoms with Crippen molar-refractivity contribution in [1.82, 2.24) is 10.2 Å². The summed E-state index contributed by atoms with van der Waals surface area (Å²) >= 11 is 0. The van der Waals surface area contributed by atoms with Gasteiger partial charge in [0, 0.05) is 25.2 Å². The van der Waals surface area contributed by atoms with Crippen LogP contribution in [0.5, 0.6) is 5.75 Å². The van der Waals surface area contributed by atoms with Gasteiger partial charge >= 0.3 is 5.97 Å². The maximum atomic E-state index is 13.2. The van der Waals surface area contributed by atoms with Crippen LogP contribution in [0.25, 0.3) is 0 Å². The molecule has 30 heavy (non-hydrogen) atoms. The predicted octanol–water partition coefficient (Wildman–Crippen LogP) is 2.81. The maximum absolute atomic E-state index is 13.2. The number of methoxy groups -OCH3 is 1. The van der Waals surface area contributed by atoms with Gasteiger partial charge in [0.15, 0.2) is 0 Å². The highest BCUT2D eigenvalue weighted by Crippen LogP contribution is 2.37. The molecule has 2 aromatic rings. The molecule has 1 amide bonds. The number of hydrogen-bond acceptors (Lipinski definition) is 5. The van der Waals surface area contributed by atoms with Gasteiger partial charge in [-0.1, -0.05) is 36.4 Å². The molecule has 4 rings (SSSR count). The zero-order valence-corrected chi connectivity index (χ0v) is 17.5. The number of aryl methyl sites for hydroxylation is 1. The van der Waals surface area contributed by atoms with E-state index in [9.17, 15) is 9.59 Å². The second-order valence-electron chi connectivity index (χ2n) is 8.09. The fraction of sp³-hybridized carbons (Fsp3) is 0.417. The lowest BCUT2D eigenvalue weighted by molar-refractivity contribution is -0.149. The first kappa shape index (κ1) is 20.4.